The van der Waals surface area contributed by atoms with Gasteiger partial charge in [0.2, 0.25) is 0 Å². The van der Waals surface area contributed by atoms with Crippen LogP contribution < -0.4 is 5.73 Å². The topological polar surface area (TPSA) is 46.3 Å². The van der Waals surface area contributed by atoms with Crippen LogP contribution in [0.25, 0.3) is 0 Å². The molecule has 0 radical (unpaired) electrons. The zero-order valence-corrected chi connectivity index (χ0v) is 13.4. The number of hydrogen-bond donors (Lipinski definition) is 1. The van der Waals surface area contributed by atoms with Gasteiger partial charge in [0.1, 0.15) is 5.82 Å². The normalized spacial score (nSPS) is 11.4. The second kappa shape index (κ2) is 8.11. The van der Waals surface area contributed by atoms with Crippen molar-refractivity contribution in [2.24, 2.45) is 5.73 Å². The molecule has 0 atom stereocenters. The lowest BCUT2D eigenvalue weighted by molar-refractivity contribution is -0.140. The number of nitrogens with two attached hydrogens (primary N) is 1. The summed E-state index contributed by atoms with van der Waals surface area (Å²) in [6.07, 6.45) is -4.32. The van der Waals surface area contributed by atoms with E-state index in [9.17, 15) is 22.4 Å². The van der Waals surface area contributed by atoms with Crippen molar-refractivity contribution in [2.75, 3.05) is 19.6 Å². The molecule has 7 heteroatoms. The van der Waals surface area contributed by atoms with E-state index in [2.05, 4.69) is 0 Å². The van der Waals surface area contributed by atoms with E-state index in [0.717, 1.165) is 11.6 Å². The molecule has 2 aromatic carbocycles. The first-order valence-electron chi connectivity index (χ1n) is 7.73. The number of nitrogens with zero attached hydrogens (tertiary/aromatic N) is 1. The van der Waals surface area contributed by atoms with E-state index in [1.807, 2.05) is 30.3 Å². The van der Waals surface area contributed by atoms with Gasteiger partial charge in [-0.15, -0.1) is 0 Å². The maximum atomic E-state index is 13.4. The minimum Gasteiger partial charge on any atom is -0.337 e. The molecule has 0 bridgehead atoms. The van der Waals surface area contributed by atoms with Gasteiger partial charge in [-0.3, -0.25) is 4.79 Å². The minimum absolute atomic E-state index is 0.174. The highest BCUT2D eigenvalue weighted by Crippen LogP contribution is 2.32. The number of alkyl halides is 3. The van der Waals surface area contributed by atoms with Crippen molar-refractivity contribution in [2.45, 2.75) is 12.6 Å². The average Bonchev–Trinajstić information content (AvgIpc) is 2.58. The van der Waals surface area contributed by atoms with E-state index in [1.165, 1.54) is 4.90 Å². The predicted molar refractivity (Wildman–Crippen MR) is 86.5 cm³/mol. The predicted octanol–water partition coefficient (Wildman–Crippen LogP) is 3.49. The number of amides is 1. The van der Waals surface area contributed by atoms with Gasteiger partial charge in [-0.25, -0.2) is 4.39 Å². The van der Waals surface area contributed by atoms with Crippen LogP contribution in [0, 0.1) is 5.82 Å². The number of rotatable bonds is 6. The Morgan fingerprint density at radius 2 is 1.72 bits per heavy atom. The summed E-state index contributed by atoms with van der Waals surface area (Å²) < 4.78 is 51.9. The van der Waals surface area contributed by atoms with Crippen molar-refractivity contribution in [3.8, 4) is 0 Å². The molecule has 0 aromatic heterocycles. The van der Waals surface area contributed by atoms with Crippen molar-refractivity contribution in [1.82, 2.24) is 4.90 Å². The molecule has 0 saturated heterocycles. The van der Waals surface area contributed by atoms with Gasteiger partial charge in [0.25, 0.3) is 5.91 Å². The van der Waals surface area contributed by atoms with Crippen LogP contribution in [-0.4, -0.2) is 30.4 Å². The van der Waals surface area contributed by atoms with E-state index in [1.54, 1.807) is 0 Å². The Hall–Kier alpha value is -2.41. The lowest BCUT2D eigenvalue weighted by Gasteiger charge is -2.22. The lowest BCUT2D eigenvalue weighted by Crippen LogP contribution is -2.37. The molecule has 25 heavy (non-hydrogen) atoms. The van der Waals surface area contributed by atoms with Crippen molar-refractivity contribution in [3.05, 3.63) is 71.0 Å². The summed E-state index contributed by atoms with van der Waals surface area (Å²) in [6, 6.07) is 11.6. The molecule has 0 fully saturated rings. The number of halogens is 4. The minimum atomic E-state index is -4.86. The standard InChI is InChI=1S/C18H18F4N2O/c19-16-7-6-14(12-15(16)18(20,21)22)17(25)24(11-9-23)10-8-13-4-2-1-3-5-13/h1-7,12H,8-11,23H2. The van der Waals surface area contributed by atoms with Gasteiger partial charge in [0, 0.05) is 25.2 Å². The Bertz CT molecular complexity index is 717. The molecule has 0 spiro atoms. The maximum absolute atomic E-state index is 13.4. The van der Waals surface area contributed by atoms with Crippen LogP contribution >= 0.6 is 0 Å². The first-order chi connectivity index (χ1) is 11.8. The van der Waals surface area contributed by atoms with Crippen LogP contribution in [0.15, 0.2) is 48.5 Å². The summed E-state index contributed by atoms with van der Waals surface area (Å²) in [7, 11) is 0. The largest absolute Gasteiger partial charge is 0.419 e. The zero-order chi connectivity index (χ0) is 18.4. The van der Waals surface area contributed by atoms with E-state index >= 15 is 0 Å². The van der Waals surface area contributed by atoms with Crippen LogP contribution in [-0.2, 0) is 12.6 Å². The molecule has 0 aliphatic carbocycles. The Morgan fingerprint density at radius 1 is 1.04 bits per heavy atom. The van der Waals surface area contributed by atoms with E-state index in [0.29, 0.717) is 25.1 Å². The highest BCUT2D eigenvalue weighted by molar-refractivity contribution is 5.94. The Kier molecular flexibility index (Phi) is 6.14. The quantitative estimate of drug-likeness (QED) is 0.808. The van der Waals surface area contributed by atoms with Gasteiger partial charge in [0.15, 0.2) is 0 Å². The van der Waals surface area contributed by atoms with E-state index < -0.39 is 23.5 Å². The van der Waals surface area contributed by atoms with Crippen LogP contribution in [0.5, 0.6) is 0 Å². The molecule has 0 heterocycles. The van der Waals surface area contributed by atoms with Gasteiger partial charge in [-0.1, -0.05) is 30.3 Å². The third-order valence-corrected chi connectivity index (χ3v) is 3.72. The highest BCUT2D eigenvalue weighted by atomic mass is 19.4. The lowest BCUT2D eigenvalue weighted by atomic mass is 10.1. The summed E-state index contributed by atoms with van der Waals surface area (Å²) in [5, 5.41) is 0. The van der Waals surface area contributed by atoms with Gasteiger partial charge in [-0.2, -0.15) is 13.2 Å². The molecule has 1 amide bonds. The zero-order valence-electron chi connectivity index (χ0n) is 13.4. The fraction of sp³-hybridized carbons (Fsp3) is 0.278. The molecule has 0 saturated carbocycles. The first kappa shape index (κ1) is 18.9. The third-order valence-electron chi connectivity index (χ3n) is 3.72. The fourth-order valence-corrected chi connectivity index (χ4v) is 2.44. The van der Waals surface area contributed by atoms with Gasteiger partial charge < -0.3 is 10.6 Å². The molecular weight excluding hydrogens is 336 g/mol. The third kappa shape index (κ3) is 5.03. The van der Waals surface area contributed by atoms with Gasteiger partial charge >= 0.3 is 6.18 Å². The van der Waals surface area contributed by atoms with Crippen molar-refractivity contribution in [1.29, 1.82) is 0 Å². The number of benzene rings is 2. The SMILES string of the molecule is NCCN(CCc1ccccc1)C(=O)c1ccc(F)c(C(F)(F)F)c1. The molecule has 0 aliphatic heterocycles. The van der Waals surface area contributed by atoms with Crippen molar-refractivity contribution >= 4 is 5.91 Å². The molecule has 2 aromatic rings. The summed E-state index contributed by atoms with van der Waals surface area (Å²) in [4.78, 5) is 13.9. The van der Waals surface area contributed by atoms with Crippen LogP contribution in [0.2, 0.25) is 0 Å². The number of carbonyl (C=O) groups excluding carboxylic acids is 1. The van der Waals surface area contributed by atoms with Gasteiger partial charge in [-0.05, 0) is 30.2 Å². The Labute approximate surface area is 143 Å². The first-order valence-corrected chi connectivity index (χ1v) is 7.73. The van der Waals surface area contributed by atoms with Crippen LogP contribution in [0.1, 0.15) is 21.5 Å². The summed E-state index contributed by atoms with van der Waals surface area (Å²) in [5.74, 6) is -2.01. The molecular formula is C18H18F4N2O. The maximum Gasteiger partial charge on any atom is 0.419 e. The molecule has 3 nitrogen and oxygen atoms in total. The second-order valence-corrected chi connectivity index (χ2v) is 5.51. The molecule has 0 unspecified atom stereocenters. The van der Waals surface area contributed by atoms with Crippen molar-refractivity contribution in [3.63, 3.8) is 0 Å². The summed E-state index contributed by atoms with van der Waals surface area (Å²) in [6.45, 7) is 0.678. The number of carbonyl (C=O) groups is 1. The molecule has 0 aliphatic rings. The second-order valence-electron chi connectivity index (χ2n) is 5.51. The summed E-state index contributed by atoms with van der Waals surface area (Å²) in [5.41, 5.74) is 4.83. The monoisotopic (exact) mass is 354 g/mol. The molecule has 2 rings (SSSR count). The van der Waals surface area contributed by atoms with E-state index in [-0.39, 0.29) is 18.7 Å². The number of hydrogen-bond acceptors (Lipinski definition) is 2. The molecule has 2 N–H and O–H groups in total. The van der Waals surface area contributed by atoms with E-state index in [4.69, 9.17) is 5.73 Å². The Morgan fingerprint density at radius 3 is 2.32 bits per heavy atom. The fourth-order valence-electron chi connectivity index (χ4n) is 2.44. The molecule has 134 valence electrons. The van der Waals surface area contributed by atoms with Crippen molar-refractivity contribution < 1.29 is 22.4 Å². The smallest absolute Gasteiger partial charge is 0.337 e. The van der Waals surface area contributed by atoms with Crippen LogP contribution in [0.4, 0.5) is 17.6 Å². The Balaban J connectivity index is 2.19. The summed E-state index contributed by atoms with van der Waals surface area (Å²) >= 11 is 0. The highest BCUT2D eigenvalue weighted by Gasteiger charge is 2.35. The average molecular weight is 354 g/mol. The van der Waals surface area contributed by atoms with Crippen LogP contribution in [0.3, 0.4) is 0 Å². The van der Waals surface area contributed by atoms with Gasteiger partial charge in [0.05, 0.1) is 5.56 Å².